The van der Waals surface area contributed by atoms with Crippen LogP contribution in [0.25, 0.3) is 0 Å². The Hall–Kier alpha value is -0.910. The third-order valence-corrected chi connectivity index (χ3v) is 4.02. The van der Waals surface area contributed by atoms with E-state index in [4.69, 9.17) is 0 Å². The van der Waals surface area contributed by atoms with Crippen LogP contribution in [0.1, 0.15) is 5.56 Å². The highest BCUT2D eigenvalue weighted by Gasteiger charge is 2.16. The van der Waals surface area contributed by atoms with Crippen LogP contribution in [0.3, 0.4) is 0 Å². The normalized spacial score (nSPS) is 17.4. The zero-order valence-corrected chi connectivity index (χ0v) is 13.0. The highest BCUT2D eigenvalue weighted by atomic mass is 79.9. The predicted octanol–water partition coefficient (Wildman–Crippen LogP) is 1.94. The lowest BCUT2D eigenvalue weighted by Crippen LogP contribution is -2.47. The van der Waals surface area contributed by atoms with Crippen LogP contribution in [-0.4, -0.2) is 55.5 Å². The molecule has 0 spiro atoms. The van der Waals surface area contributed by atoms with Crippen molar-refractivity contribution in [3.8, 4) is 0 Å². The Balaban J connectivity index is 1.87. The first kappa shape index (κ1) is 14.5. The fourth-order valence-corrected chi connectivity index (χ4v) is 2.71. The van der Waals surface area contributed by atoms with Crippen LogP contribution in [0.15, 0.2) is 22.7 Å². The molecule has 0 bridgehead atoms. The number of aryl methyl sites for hydroxylation is 1. The van der Waals surface area contributed by atoms with E-state index in [0.717, 1.165) is 36.3 Å². The number of amides is 1. The average Bonchev–Trinajstić information content (AvgIpc) is 2.36. The lowest BCUT2D eigenvalue weighted by atomic mass is 10.2. The number of nitrogens with zero attached hydrogens (tertiary/aromatic N) is 2. The molecule has 1 saturated heterocycles. The summed E-state index contributed by atoms with van der Waals surface area (Å²) in [6.07, 6.45) is 0. The van der Waals surface area contributed by atoms with Crippen LogP contribution in [0.5, 0.6) is 0 Å². The molecule has 1 amide bonds. The van der Waals surface area contributed by atoms with E-state index >= 15 is 0 Å². The maximum absolute atomic E-state index is 12.0. The monoisotopic (exact) mass is 325 g/mol. The Morgan fingerprint density at radius 1 is 1.32 bits per heavy atom. The van der Waals surface area contributed by atoms with Gasteiger partial charge in [-0.05, 0) is 47.6 Å². The van der Waals surface area contributed by atoms with Gasteiger partial charge in [-0.1, -0.05) is 6.07 Å². The van der Waals surface area contributed by atoms with Gasteiger partial charge in [-0.15, -0.1) is 0 Å². The van der Waals surface area contributed by atoms with Crippen molar-refractivity contribution in [3.63, 3.8) is 0 Å². The average molecular weight is 326 g/mol. The summed E-state index contributed by atoms with van der Waals surface area (Å²) in [5, 5.41) is 2.95. The standard InChI is InChI=1S/C14H20BrN3O/c1-11-3-4-13(12(15)9-11)16-14(19)10-18-7-5-17(2)6-8-18/h3-4,9H,5-8,10H2,1-2H3,(H,16,19). The van der Waals surface area contributed by atoms with E-state index in [2.05, 4.69) is 38.1 Å². The number of hydrogen-bond acceptors (Lipinski definition) is 3. The SMILES string of the molecule is Cc1ccc(NC(=O)CN2CCN(C)CC2)c(Br)c1. The lowest BCUT2D eigenvalue weighted by molar-refractivity contribution is -0.117. The molecular formula is C14H20BrN3O. The molecule has 5 heteroatoms. The van der Waals surface area contributed by atoms with E-state index in [-0.39, 0.29) is 5.91 Å². The van der Waals surface area contributed by atoms with Crippen molar-refractivity contribution in [2.75, 3.05) is 45.1 Å². The zero-order valence-electron chi connectivity index (χ0n) is 11.4. The largest absolute Gasteiger partial charge is 0.324 e. The van der Waals surface area contributed by atoms with Crippen molar-refractivity contribution in [3.05, 3.63) is 28.2 Å². The molecule has 2 rings (SSSR count). The van der Waals surface area contributed by atoms with Crippen LogP contribution in [0.2, 0.25) is 0 Å². The summed E-state index contributed by atoms with van der Waals surface area (Å²) >= 11 is 3.47. The number of nitrogens with one attached hydrogen (secondary N) is 1. The molecule has 104 valence electrons. The summed E-state index contributed by atoms with van der Waals surface area (Å²) in [6.45, 7) is 6.47. The van der Waals surface area contributed by atoms with Crippen molar-refractivity contribution in [2.45, 2.75) is 6.92 Å². The van der Waals surface area contributed by atoms with Gasteiger partial charge in [0.25, 0.3) is 0 Å². The Kier molecular flexibility index (Phi) is 4.96. The van der Waals surface area contributed by atoms with E-state index < -0.39 is 0 Å². The number of carbonyl (C=O) groups excluding carboxylic acids is 1. The molecule has 1 aromatic rings. The molecule has 1 N–H and O–H groups in total. The van der Waals surface area contributed by atoms with Gasteiger partial charge >= 0.3 is 0 Å². The highest BCUT2D eigenvalue weighted by Crippen LogP contribution is 2.23. The van der Waals surface area contributed by atoms with Gasteiger partial charge in [-0.2, -0.15) is 0 Å². The van der Waals surface area contributed by atoms with Gasteiger partial charge < -0.3 is 10.2 Å². The maximum atomic E-state index is 12.0. The Morgan fingerprint density at radius 3 is 2.63 bits per heavy atom. The first-order valence-corrected chi connectivity index (χ1v) is 7.31. The molecule has 1 heterocycles. The molecular weight excluding hydrogens is 306 g/mol. The number of likely N-dealkylation sites (N-methyl/N-ethyl adjacent to an activating group) is 1. The number of hydrogen-bond donors (Lipinski definition) is 1. The summed E-state index contributed by atoms with van der Waals surface area (Å²) in [4.78, 5) is 16.5. The molecule has 0 aromatic heterocycles. The molecule has 0 unspecified atom stereocenters. The maximum Gasteiger partial charge on any atom is 0.238 e. The molecule has 0 radical (unpaired) electrons. The van der Waals surface area contributed by atoms with Gasteiger partial charge in [-0.25, -0.2) is 0 Å². The molecule has 19 heavy (non-hydrogen) atoms. The number of halogens is 1. The number of anilines is 1. The van der Waals surface area contributed by atoms with Gasteiger partial charge in [0, 0.05) is 30.7 Å². The van der Waals surface area contributed by atoms with Crippen LogP contribution in [0.4, 0.5) is 5.69 Å². The van der Waals surface area contributed by atoms with Crippen LogP contribution in [-0.2, 0) is 4.79 Å². The van der Waals surface area contributed by atoms with Crippen LogP contribution < -0.4 is 5.32 Å². The second kappa shape index (κ2) is 6.50. The van der Waals surface area contributed by atoms with Crippen molar-refractivity contribution < 1.29 is 4.79 Å². The van der Waals surface area contributed by atoms with Crippen molar-refractivity contribution in [1.29, 1.82) is 0 Å². The van der Waals surface area contributed by atoms with E-state index in [1.807, 2.05) is 25.1 Å². The summed E-state index contributed by atoms with van der Waals surface area (Å²) in [5.74, 6) is 0.0501. The third-order valence-electron chi connectivity index (χ3n) is 3.36. The third kappa shape index (κ3) is 4.30. The minimum atomic E-state index is 0.0501. The Labute approximate surface area is 122 Å². The second-order valence-electron chi connectivity index (χ2n) is 5.11. The molecule has 0 saturated carbocycles. The van der Waals surface area contributed by atoms with E-state index in [1.165, 1.54) is 5.56 Å². The van der Waals surface area contributed by atoms with Crippen LogP contribution in [0, 0.1) is 6.92 Å². The van der Waals surface area contributed by atoms with E-state index in [9.17, 15) is 4.79 Å². The molecule has 0 atom stereocenters. The van der Waals surface area contributed by atoms with Crippen molar-refractivity contribution in [2.24, 2.45) is 0 Å². The highest BCUT2D eigenvalue weighted by molar-refractivity contribution is 9.10. The summed E-state index contributed by atoms with van der Waals surface area (Å²) in [6, 6.07) is 5.93. The molecule has 1 fully saturated rings. The minimum Gasteiger partial charge on any atom is -0.324 e. The molecule has 4 nitrogen and oxygen atoms in total. The van der Waals surface area contributed by atoms with Gasteiger partial charge in [0.05, 0.1) is 12.2 Å². The van der Waals surface area contributed by atoms with Crippen molar-refractivity contribution in [1.82, 2.24) is 9.80 Å². The smallest absolute Gasteiger partial charge is 0.238 e. The summed E-state index contributed by atoms with van der Waals surface area (Å²) in [5.41, 5.74) is 2.01. The molecule has 1 aromatic carbocycles. The quantitative estimate of drug-likeness (QED) is 0.922. The number of carbonyl (C=O) groups is 1. The minimum absolute atomic E-state index is 0.0501. The fourth-order valence-electron chi connectivity index (χ4n) is 2.12. The Morgan fingerprint density at radius 2 is 2.00 bits per heavy atom. The predicted molar refractivity (Wildman–Crippen MR) is 81.4 cm³/mol. The van der Waals surface area contributed by atoms with Crippen molar-refractivity contribution >= 4 is 27.5 Å². The topological polar surface area (TPSA) is 35.6 Å². The zero-order chi connectivity index (χ0) is 13.8. The first-order valence-electron chi connectivity index (χ1n) is 6.51. The number of piperazine rings is 1. The van der Waals surface area contributed by atoms with Gasteiger partial charge in [0.1, 0.15) is 0 Å². The van der Waals surface area contributed by atoms with Gasteiger partial charge in [-0.3, -0.25) is 9.69 Å². The van der Waals surface area contributed by atoms with E-state index in [1.54, 1.807) is 0 Å². The number of rotatable bonds is 3. The Bertz CT molecular complexity index is 456. The van der Waals surface area contributed by atoms with Gasteiger partial charge in [0.2, 0.25) is 5.91 Å². The molecule has 1 aliphatic rings. The second-order valence-corrected chi connectivity index (χ2v) is 5.97. The molecule has 0 aliphatic carbocycles. The summed E-state index contributed by atoms with van der Waals surface area (Å²) < 4.78 is 0.930. The molecule has 1 aliphatic heterocycles. The summed E-state index contributed by atoms with van der Waals surface area (Å²) in [7, 11) is 2.11. The number of benzene rings is 1. The fraction of sp³-hybridized carbons (Fsp3) is 0.500. The van der Waals surface area contributed by atoms with Crippen LogP contribution >= 0.6 is 15.9 Å². The first-order chi connectivity index (χ1) is 9.04. The lowest BCUT2D eigenvalue weighted by Gasteiger charge is -2.31. The van der Waals surface area contributed by atoms with E-state index in [0.29, 0.717) is 6.54 Å². The van der Waals surface area contributed by atoms with Gasteiger partial charge in [0.15, 0.2) is 0 Å².